The number of rotatable bonds is 4. The lowest BCUT2D eigenvalue weighted by molar-refractivity contribution is -0.140. The average Bonchev–Trinajstić information content (AvgIpc) is 2.46. The summed E-state index contributed by atoms with van der Waals surface area (Å²) < 4.78 is 5.73. The first-order valence-electron chi connectivity index (χ1n) is 7.68. The Balaban J connectivity index is 1.98. The van der Waals surface area contributed by atoms with Gasteiger partial charge < -0.3 is 9.64 Å². The van der Waals surface area contributed by atoms with Gasteiger partial charge >= 0.3 is 0 Å². The molecule has 1 aliphatic carbocycles. The van der Waals surface area contributed by atoms with Gasteiger partial charge in [-0.05, 0) is 43.9 Å². The van der Waals surface area contributed by atoms with Crippen molar-refractivity contribution in [3.8, 4) is 5.75 Å². The topological polar surface area (TPSA) is 29.5 Å². The highest BCUT2D eigenvalue weighted by Gasteiger charge is 2.30. The molecule has 1 aliphatic rings. The van der Waals surface area contributed by atoms with E-state index in [4.69, 9.17) is 16.3 Å². The van der Waals surface area contributed by atoms with E-state index in [1.54, 1.807) is 19.1 Å². The summed E-state index contributed by atoms with van der Waals surface area (Å²) in [7, 11) is 1.90. The average molecular weight is 310 g/mol. The minimum absolute atomic E-state index is 0.0359. The van der Waals surface area contributed by atoms with Crippen molar-refractivity contribution in [3.05, 3.63) is 29.3 Å². The van der Waals surface area contributed by atoms with Crippen LogP contribution in [0.2, 0.25) is 5.02 Å². The van der Waals surface area contributed by atoms with E-state index in [2.05, 4.69) is 6.92 Å². The Morgan fingerprint density at radius 2 is 2.10 bits per heavy atom. The number of halogens is 1. The Bertz CT molecular complexity index is 491. The molecule has 3 unspecified atom stereocenters. The molecule has 1 aromatic rings. The van der Waals surface area contributed by atoms with Crippen molar-refractivity contribution in [1.29, 1.82) is 0 Å². The quantitative estimate of drug-likeness (QED) is 0.836. The number of likely N-dealkylation sites (N-methyl/N-ethyl adjacent to an activating group) is 1. The number of amides is 1. The molecule has 3 nitrogen and oxygen atoms in total. The van der Waals surface area contributed by atoms with Gasteiger partial charge in [0.15, 0.2) is 6.10 Å². The predicted octanol–water partition coefficient (Wildman–Crippen LogP) is 4.14. The summed E-state index contributed by atoms with van der Waals surface area (Å²) in [5.41, 5.74) is 0. The van der Waals surface area contributed by atoms with E-state index in [9.17, 15) is 4.79 Å². The summed E-state index contributed by atoms with van der Waals surface area (Å²) in [6.45, 7) is 4.03. The van der Waals surface area contributed by atoms with Gasteiger partial charge in [-0.15, -0.1) is 0 Å². The van der Waals surface area contributed by atoms with Crippen molar-refractivity contribution in [1.82, 2.24) is 4.90 Å². The van der Waals surface area contributed by atoms with Crippen LogP contribution in [0.1, 0.15) is 39.5 Å². The summed E-state index contributed by atoms with van der Waals surface area (Å²) >= 11 is 5.94. The highest BCUT2D eigenvalue weighted by atomic mass is 35.5. The molecule has 1 saturated carbocycles. The molecule has 21 heavy (non-hydrogen) atoms. The summed E-state index contributed by atoms with van der Waals surface area (Å²) in [6, 6.07) is 7.49. The van der Waals surface area contributed by atoms with Crippen molar-refractivity contribution >= 4 is 17.5 Å². The third-order valence-corrected chi connectivity index (χ3v) is 4.60. The lowest BCUT2D eigenvalue weighted by Gasteiger charge is -2.37. The van der Waals surface area contributed by atoms with Crippen molar-refractivity contribution in [2.45, 2.75) is 51.7 Å². The van der Waals surface area contributed by atoms with Crippen LogP contribution in [0.5, 0.6) is 5.75 Å². The van der Waals surface area contributed by atoms with Crippen molar-refractivity contribution in [3.63, 3.8) is 0 Å². The standard InChI is InChI=1S/C17H24ClNO2/c1-12-7-4-5-10-16(12)19(3)17(20)13(2)21-15-9-6-8-14(18)11-15/h6,8-9,11-13,16H,4-5,7,10H2,1-3H3. The smallest absolute Gasteiger partial charge is 0.263 e. The fraction of sp³-hybridized carbons (Fsp3) is 0.588. The molecular weight excluding hydrogens is 286 g/mol. The number of benzene rings is 1. The maximum absolute atomic E-state index is 12.5. The third kappa shape index (κ3) is 4.13. The largest absolute Gasteiger partial charge is 0.481 e. The second-order valence-corrected chi connectivity index (χ2v) is 6.43. The van der Waals surface area contributed by atoms with Gasteiger partial charge in [0, 0.05) is 18.1 Å². The van der Waals surface area contributed by atoms with Crippen LogP contribution < -0.4 is 4.74 Å². The normalized spacial score (nSPS) is 23.4. The maximum Gasteiger partial charge on any atom is 0.263 e. The van der Waals surface area contributed by atoms with E-state index < -0.39 is 6.10 Å². The van der Waals surface area contributed by atoms with Gasteiger partial charge in [0.25, 0.3) is 5.91 Å². The highest BCUT2D eigenvalue weighted by Crippen LogP contribution is 2.28. The van der Waals surface area contributed by atoms with Crippen LogP contribution in [0.15, 0.2) is 24.3 Å². The van der Waals surface area contributed by atoms with Gasteiger partial charge in [0.05, 0.1) is 0 Å². The van der Waals surface area contributed by atoms with Crippen LogP contribution in [-0.2, 0) is 4.79 Å². The lowest BCUT2D eigenvalue weighted by Crippen LogP contribution is -2.47. The fourth-order valence-corrected chi connectivity index (χ4v) is 3.30. The molecule has 1 aromatic carbocycles. The minimum Gasteiger partial charge on any atom is -0.481 e. The van der Waals surface area contributed by atoms with E-state index >= 15 is 0 Å². The molecule has 0 aromatic heterocycles. The molecule has 0 saturated heterocycles. The van der Waals surface area contributed by atoms with Crippen LogP contribution in [0.25, 0.3) is 0 Å². The van der Waals surface area contributed by atoms with Crippen molar-refractivity contribution < 1.29 is 9.53 Å². The molecule has 0 aliphatic heterocycles. The predicted molar refractivity (Wildman–Crippen MR) is 85.7 cm³/mol. The first-order chi connectivity index (χ1) is 9.99. The maximum atomic E-state index is 12.5. The molecule has 0 N–H and O–H groups in total. The van der Waals surface area contributed by atoms with E-state index in [1.807, 2.05) is 24.1 Å². The summed E-state index contributed by atoms with van der Waals surface area (Å²) in [5, 5.41) is 0.612. The van der Waals surface area contributed by atoms with E-state index in [0.29, 0.717) is 22.7 Å². The molecule has 2 rings (SSSR count). The van der Waals surface area contributed by atoms with Gasteiger partial charge in [0.1, 0.15) is 5.75 Å². The summed E-state index contributed by atoms with van der Waals surface area (Å²) in [5.74, 6) is 1.23. The molecule has 1 amide bonds. The van der Waals surface area contributed by atoms with E-state index in [-0.39, 0.29) is 5.91 Å². The van der Waals surface area contributed by atoms with Crippen LogP contribution in [0.4, 0.5) is 0 Å². The molecule has 1 fully saturated rings. The number of nitrogens with zero attached hydrogens (tertiary/aromatic N) is 1. The summed E-state index contributed by atoms with van der Waals surface area (Å²) in [4.78, 5) is 14.4. The van der Waals surface area contributed by atoms with Crippen LogP contribution in [-0.4, -0.2) is 30.0 Å². The summed E-state index contributed by atoms with van der Waals surface area (Å²) in [6.07, 6.45) is 4.27. The highest BCUT2D eigenvalue weighted by molar-refractivity contribution is 6.30. The number of hydrogen-bond donors (Lipinski definition) is 0. The molecule has 0 bridgehead atoms. The first-order valence-corrected chi connectivity index (χ1v) is 8.05. The number of ether oxygens (including phenoxy) is 1. The zero-order valence-corrected chi connectivity index (χ0v) is 13.8. The van der Waals surface area contributed by atoms with Crippen molar-refractivity contribution in [2.75, 3.05) is 7.05 Å². The molecule has 0 spiro atoms. The molecule has 116 valence electrons. The monoisotopic (exact) mass is 309 g/mol. The Morgan fingerprint density at radius 1 is 1.38 bits per heavy atom. The Hall–Kier alpha value is -1.22. The third-order valence-electron chi connectivity index (χ3n) is 4.37. The second-order valence-electron chi connectivity index (χ2n) is 6.00. The molecule has 3 atom stereocenters. The van der Waals surface area contributed by atoms with E-state index in [0.717, 1.165) is 6.42 Å². The van der Waals surface area contributed by atoms with Crippen LogP contribution in [0, 0.1) is 5.92 Å². The fourth-order valence-electron chi connectivity index (χ4n) is 3.12. The Kier molecular flexibility index (Phi) is 5.51. The minimum atomic E-state index is -0.498. The molecule has 4 heteroatoms. The number of carbonyl (C=O) groups excluding carboxylic acids is 1. The zero-order chi connectivity index (χ0) is 15.4. The Labute approximate surface area is 132 Å². The van der Waals surface area contributed by atoms with Crippen molar-refractivity contribution in [2.24, 2.45) is 5.92 Å². The van der Waals surface area contributed by atoms with Gasteiger partial charge in [-0.1, -0.05) is 37.4 Å². The second kappa shape index (κ2) is 7.17. The van der Waals surface area contributed by atoms with Crippen LogP contribution in [0.3, 0.4) is 0 Å². The molecule has 0 radical (unpaired) electrons. The zero-order valence-electron chi connectivity index (χ0n) is 13.0. The first kappa shape index (κ1) is 16.2. The van der Waals surface area contributed by atoms with Gasteiger partial charge in [-0.2, -0.15) is 0 Å². The van der Waals surface area contributed by atoms with E-state index in [1.165, 1.54) is 19.3 Å². The van der Waals surface area contributed by atoms with Gasteiger partial charge in [-0.25, -0.2) is 0 Å². The molecule has 0 heterocycles. The van der Waals surface area contributed by atoms with Crippen LogP contribution >= 0.6 is 11.6 Å². The number of hydrogen-bond acceptors (Lipinski definition) is 2. The molecular formula is C17H24ClNO2. The number of carbonyl (C=O) groups is 1. The Morgan fingerprint density at radius 3 is 2.76 bits per heavy atom. The lowest BCUT2D eigenvalue weighted by atomic mass is 9.85. The SMILES string of the molecule is CC(Oc1cccc(Cl)c1)C(=O)N(C)C1CCCCC1C. The van der Waals surface area contributed by atoms with Gasteiger partial charge in [-0.3, -0.25) is 4.79 Å². The van der Waals surface area contributed by atoms with Gasteiger partial charge in [0.2, 0.25) is 0 Å².